The van der Waals surface area contributed by atoms with Crippen molar-refractivity contribution in [1.82, 2.24) is 4.37 Å². The summed E-state index contributed by atoms with van der Waals surface area (Å²) in [5.74, 6) is 0.763. The second kappa shape index (κ2) is 4.64. The molecule has 0 radical (unpaired) electrons. The summed E-state index contributed by atoms with van der Waals surface area (Å²) in [5.41, 5.74) is 1.75. The van der Waals surface area contributed by atoms with Crippen molar-refractivity contribution in [2.75, 3.05) is 7.11 Å². The van der Waals surface area contributed by atoms with Crippen LogP contribution in [-0.2, 0) is 0 Å². The maximum absolute atomic E-state index is 8.99. The van der Waals surface area contributed by atoms with E-state index in [1.165, 1.54) is 11.5 Å². The van der Waals surface area contributed by atoms with Gasteiger partial charge >= 0.3 is 0 Å². The molecule has 0 atom stereocenters. The Morgan fingerprint density at radius 2 is 2.31 bits per heavy atom. The van der Waals surface area contributed by atoms with Crippen molar-refractivity contribution < 1.29 is 4.74 Å². The monoisotopic (exact) mass is 294 g/mol. The average molecular weight is 295 g/mol. The summed E-state index contributed by atoms with van der Waals surface area (Å²) in [6, 6.07) is 9.70. The van der Waals surface area contributed by atoms with Crippen LogP contribution in [-0.4, -0.2) is 11.5 Å². The summed E-state index contributed by atoms with van der Waals surface area (Å²) in [6.07, 6.45) is 0. The lowest BCUT2D eigenvalue weighted by molar-refractivity contribution is 0.415. The number of hydrogen-bond donors (Lipinski definition) is 0. The highest BCUT2D eigenvalue weighted by Gasteiger charge is 2.13. The summed E-state index contributed by atoms with van der Waals surface area (Å²) < 4.78 is 9.96. The summed E-state index contributed by atoms with van der Waals surface area (Å²) in [6.45, 7) is 0. The van der Waals surface area contributed by atoms with Crippen LogP contribution in [0.5, 0.6) is 5.75 Å². The second-order valence-electron chi connectivity index (χ2n) is 3.02. The third-order valence-corrected chi connectivity index (χ3v) is 3.67. The van der Waals surface area contributed by atoms with E-state index in [9.17, 15) is 0 Å². The fourth-order valence-electron chi connectivity index (χ4n) is 1.38. The smallest absolute Gasteiger partial charge is 0.134 e. The van der Waals surface area contributed by atoms with Crippen LogP contribution in [0, 0.1) is 11.3 Å². The molecule has 0 saturated heterocycles. The van der Waals surface area contributed by atoms with E-state index in [-0.39, 0.29) is 0 Å². The highest BCUT2D eigenvalue weighted by Crippen LogP contribution is 2.34. The molecule has 0 fully saturated rings. The maximum Gasteiger partial charge on any atom is 0.134 e. The van der Waals surface area contributed by atoms with Crippen LogP contribution in [0.4, 0.5) is 0 Å². The Morgan fingerprint density at radius 1 is 1.50 bits per heavy atom. The lowest BCUT2D eigenvalue weighted by Crippen LogP contribution is -1.84. The summed E-state index contributed by atoms with van der Waals surface area (Å²) >= 11 is 4.53. The first-order chi connectivity index (χ1) is 7.76. The van der Waals surface area contributed by atoms with E-state index >= 15 is 0 Å². The topological polar surface area (TPSA) is 45.9 Å². The van der Waals surface area contributed by atoms with E-state index in [0.29, 0.717) is 9.48 Å². The normalized spacial score (nSPS) is 9.81. The van der Waals surface area contributed by atoms with Gasteiger partial charge < -0.3 is 4.74 Å². The first-order valence-electron chi connectivity index (χ1n) is 4.46. The van der Waals surface area contributed by atoms with Crippen molar-refractivity contribution in [3.05, 3.63) is 33.7 Å². The Balaban J connectivity index is 2.58. The molecule has 1 aromatic carbocycles. The predicted octanol–water partition coefficient (Wildman–Crippen LogP) is 3.45. The number of nitrogens with zero attached hydrogens (tertiary/aromatic N) is 2. The van der Waals surface area contributed by atoms with E-state index in [1.807, 2.05) is 24.3 Å². The van der Waals surface area contributed by atoms with Gasteiger partial charge in [-0.1, -0.05) is 12.1 Å². The highest BCUT2D eigenvalue weighted by atomic mass is 79.9. The van der Waals surface area contributed by atoms with Gasteiger partial charge in [-0.2, -0.15) is 9.64 Å². The lowest BCUT2D eigenvalue weighted by Gasteiger charge is -2.03. The molecule has 16 heavy (non-hydrogen) atoms. The molecule has 0 saturated carbocycles. The van der Waals surface area contributed by atoms with E-state index in [2.05, 4.69) is 26.4 Å². The SMILES string of the molecule is COc1cccc(-c2c(Br)nsc2C#N)c1. The third-order valence-electron chi connectivity index (χ3n) is 2.11. The Kier molecular flexibility index (Phi) is 3.22. The Hall–Kier alpha value is -1.38. The highest BCUT2D eigenvalue weighted by molar-refractivity contribution is 9.10. The number of halogens is 1. The van der Waals surface area contributed by atoms with E-state index in [1.54, 1.807) is 7.11 Å². The standard InChI is InChI=1S/C11H7BrN2OS/c1-15-8-4-2-3-7(5-8)10-9(6-13)16-14-11(10)12/h2-5H,1H3. The number of benzene rings is 1. The third kappa shape index (κ3) is 1.94. The predicted molar refractivity (Wildman–Crippen MR) is 66.5 cm³/mol. The van der Waals surface area contributed by atoms with Gasteiger partial charge in [0.25, 0.3) is 0 Å². The Bertz CT molecular complexity index is 559. The van der Waals surface area contributed by atoms with Gasteiger partial charge in [0.05, 0.1) is 7.11 Å². The zero-order valence-corrected chi connectivity index (χ0v) is 10.8. The van der Waals surface area contributed by atoms with Gasteiger partial charge in [0, 0.05) is 5.56 Å². The molecule has 2 aromatic rings. The summed E-state index contributed by atoms with van der Waals surface area (Å²) in [7, 11) is 1.62. The molecule has 1 aromatic heterocycles. The lowest BCUT2D eigenvalue weighted by atomic mass is 10.1. The molecular formula is C11H7BrN2OS. The summed E-state index contributed by atoms with van der Waals surface area (Å²) in [5, 5.41) is 8.99. The molecule has 0 aliphatic heterocycles. The summed E-state index contributed by atoms with van der Waals surface area (Å²) in [4.78, 5) is 0.597. The van der Waals surface area contributed by atoms with Gasteiger partial charge in [-0.3, -0.25) is 0 Å². The molecule has 3 nitrogen and oxygen atoms in total. The minimum absolute atomic E-state index is 0.597. The minimum atomic E-state index is 0.597. The maximum atomic E-state index is 8.99. The van der Waals surface area contributed by atoms with Crippen molar-refractivity contribution >= 4 is 27.5 Å². The van der Waals surface area contributed by atoms with E-state index in [4.69, 9.17) is 10.00 Å². The van der Waals surface area contributed by atoms with Gasteiger partial charge in [-0.25, -0.2) is 0 Å². The largest absolute Gasteiger partial charge is 0.497 e. The van der Waals surface area contributed by atoms with Gasteiger partial charge in [-0.05, 0) is 45.2 Å². The molecule has 0 aliphatic rings. The van der Waals surface area contributed by atoms with Crippen molar-refractivity contribution in [1.29, 1.82) is 5.26 Å². The molecule has 80 valence electrons. The van der Waals surface area contributed by atoms with Crippen molar-refractivity contribution in [3.63, 3.8) is 0 Å². The van der Waals surface area contributed by atoms with Crippen LogP contribution in [0.25, 0.3) is 11.1 Å². The van der Waals surface area contributed by atoms with Crippen LogP contribution < -0.4 is 4.74 Å². The molecule has 0 aliphatic carbocycles. The molecule has 0 spiro atoms. The van der Waals surface area contributed by atoms with Crippen LogP contribution in [0.15, 0.2) is 28.9 Å². The molecule has 5 heteroatoms. The molecule has 0 N–H and O–H groups in total. The van der Waals surface area contributed by atoms with Crippen LogP contribution in [0.1, 0.15) is 4.88 Å². The molecule has 0 bridgehead atoms. The molecular weight excluding hydrogens is 288 g/mol. The molecule has 2 rings (SSSR count). The fraction of sp³-hybridized carbons (Fsp3) is 0.0909. The van der Waals surface area contributed by atoms with E-state index < -0.39 is 0 Å². The van der Waals surface area contributed by atoms with Crippen LogP contribution in [0.3, 0.4) is 0 Å². The van der Waals surface area contributed by atoms with Crippen LogP contribution in [0.2, 0.25) is 0 Å². The number of aromatic nitrogens is 1. The first kappa shape index (κ1) is 11.1. The zero-order valence-electron chi connectivity index (χ0n) is 8.40. The van der Waals surface area contributed by atoms with Gasteiger partial charge in [0.2, 0.25) is 0 Å². The molecule has 0 unspecified atom stereocenters. The van der Waals surface area contributed by atoms with Crippen molar-refractivity contribution in [2.24, 2.45) is 0 Å². The fourth-order valence-corrected chi connectivity index (χ4v) is 2.76. The minimum Gasteiger partial charge on any atom is -0.497 e. The van der Waals surface area contributed by atoms with Crippen molar-refractivity contribution in [2.45, 2.75) is 0 Å². The quantitative estimate of drug-likeness (QED) is 0.852. The second-order valence-corrected chi connectivity index (χ2v) is 4.55. The molecule has 0 amide bonds. The first-order valence-corrected chi connectivity index (χ1v) is 6.02. The number of methoxy groups -OCH3 is 1. The Labute approximate surface area is 106 Å². The number of ether oxygens (including phenoxy) is 1. The molecule has 1 heterocycles. The number of rotatable bonds is 2. The van der Waals surface area contributed by atoms with Gasteiger partial charge in [-0.15, -0.1) is 0 Å². The van der Waals surface area contributed by atoms with Crippen molar-refractivity contribution in [3.8, 4) is 22.9 Å². The van der Waals surface area contributed by atoms with Gasteiger partial charge in [0.1, 0.15) is 21.3 Å². The van der Waals surface area contributed by atoms with Gasteiger partial charge in [0.15, 0.2) is 0 Å². The number of hydrogen-bond acceptors (Lipinski definition) is 4. The van der Waals surface area contributed by atoms with Crippen LogP contribution >= 0.6 is 27.5 Å². The van der Waals surface area contributed by atoms with E-state index in [0.717, 1.165) is 16.9 Å². The number of nitriles is 1. The Morgan fingerprint density at radius 3 is 3.00 bits per heavy atom. The average Bonchev–Trinajstić information content (AvgIpc) is 2.70. The zero-order chi connectivity index (χ0) is 11.5.